The van der Waals surface area contributed by atoms with Gasteiger partial charge in [-0.05, 0) is 49.1 Å². The lowest BCUT2D eigenvalue weighted by atomic mass is 9.99. The molecule has 0 N–H and O–H groups in total. The second-order valence-electron chi connectivity index (χ2n) is 8.53. The molecule has 5 nitrogen and oxygen atoms in total. The molecule has 0 aliphatic carbocycles. The van der Waals surface area contributed by atoms with Gasteiger partial charge in [0.15, 0.2) is 0 Å². The lowest BCUT2D eigenvalue weighted by Gasteiger charge is -2.25. The normalized spacial score (nSPS) is 13.6. The van der Waals surface area contributed by atoms with Crippen molar-refractivity contribution in [2.75, 3.05) is 13.7 Å². The van der Waals surface area contributed by atoms with Crippen molar-refractivity contribution in [2.24, 2.45) is 0 Å². The molecule has 5 heteroatoms. The monoisotopic (exact) mass is 454 g/mol. The molecule has 0 bridgehead atoms. The summed E-state index contributed by atoms with van der Waals surface area (Å²) in [6.07, 6.45) is 0. The van der Waals surface area contributed by atoms with Crippen LogP contribution in [0.1, 0.15) is 34.7 Å². The summed E-state index contributed by atoms with van der Waals surface area (Å²) >= 11 is 0. The zero-order chi connectivity index (χ0) is 24.2. The minimum absolute atomic E-state index is 0.155. The smallest absolute Gasteiger partial charge is 0.278 e. The van der Waals surface area contributed by atoms with E-state index < -0.39 is 0 Å². The average Bonchev–Trinajstić information content (AvgIpc) is 3.10. The van der Waals surface area contributed by atoms with Gasteiger partial charge in [-0.15, -0.1) is 0 Å². The van der Waals surface area contributed by atoms with Gasteiger partial charge < -0.3 is 9.64 Å². The number of imide groups is 1. The van der Waals surface area contributed by atoms with Crippen molar-refractivity contribution in [1.82, 2.24) is 9.80 Å². The van der Waals surface area contributed by atoms with Crippen molar-refractivity contribution in [3.8, 4) is 5.75 Å². The number of carbonyl (C=O) groups excluding carboxylic acids is 2. The topological polar surface area (TPSA) is 49.9 Å². The first-order chi connectivity index (χ1) is 16.4. The van der Waals surface area contributed by atoms with E-state index in [0.717, 1.165) is 27.8 Å². The molecule has 34 heavy (non-hydrogen) atoms. The van der Waals surface area contributed by atoms with Crippen molar-refractivity contribution in [3.63, 3.8) is 0 Å². The van der Waals surface area contributed by atoms with Gasteiger partial charge in [0.2, 0.25) is 0 Å². The second kappa shape index (κ2) is 9.96. The number of aryl methyl sites for hydroxylation is 2. The van der Waals surface area contributed by atoms with E-state index in [1.54, 1.807) is 7.11 Å². The minimum atomic E-state index is -0.277. The standard InChI is InChI=1S/C29H30N2O3/c1-5-30(18-22-11-7-6-8-12-22)27-26(23-16-15-20(2)21(3)17-23)28(32)31(29(27)33)19-24-13-9-10-14-25(24)34-4/h6-17H,5,18-19H2,1-4H3. The molecule has 1 aliphatic heterocycles. The van der Waals surface area contributed by atoms with E-state index in [1.807, 2.05) is 98.5 Å². The van der Waals surface area contributed by atoms with Crippen LogP contribution in [0.5, 0.6) is 5.75 Å². The number of carbonyl (C=O) groups is 2. The average molecular weight is 455 g/mol. The van der Waals surface area contributed by atoms with Crippen LogP contribution in [0.2, 0.25) is 0 Å². The Balaban J connectivity index is 1.79. The Labute approximate surface area is 201 Å². The molecule has 3 aromatic rings. The molecule has 0 aromatic heterocycles. The fraction of sp³-hybridized carbons (Fsp3) is 0.241. The fourth-order valence-electron chi connectivity index (χ4n) is 4.31. The summed E-state index contributed by atoms with van der Waals surface area (Å²) in [5.74, 6) is 0.100. The predicted octanol–water partition coefficient (Wildman–Crippen LogP) is 5.11. The number of hydrogen-bond acceptors (Lipinski definition) is 4. The summed E-state index contributed by atoms with van der Waals surface area (Å²) in [6, 6.07) is 23.4. The summed E-state index contributed by atoms with van der Waals surface area (Å²) in [7, 11) is 1.59. The third-order valence-corrected chi connectivity index (χ3v) is 6.37. The van der Waals surface area contributed by atoms with E-state index in [4.69, 9.17) is 4.74 Å². The van der Waals surface area contributed by atoms with Gasteiger partial charge in [-0.1, -0.05) is 66.7 Å². The number of benzene rings is 3. The molecule has 174 valence electrons. The molecule has 0 spiro atoms. The highest BCUT2D eigenvalue weighted by Crippen LogP contribution is 2.35. The lowest BCUT2D eigenvalue weighted by Crippen LogP contribution is -2.34. The maximum Gasteiger partial charge on any atom is 0.278 e. The quantitative estimate of drug-likeness (QED) is 0.444. The highest BCUT2D eigenvalue weighted by Gasteiger charge is 2.41. The first kappa shape index (κ1) is 23.3. The first-order valence-electron chi connectivity index (χ1n) is 11.5. The highest BCUT2D eigenvalue weighted by molar-refractivity contribution is 6.35. The number of methoxy groups -OCH3 is 1. The Hall–Kier alpha value is -3.86. The predicted molar refractivity (Wildman–Crippen MR) is 134 cm³/mol. The fourth-order valence-corrected chi connectivity index (χ4v) is 4.31. The van der Waals surface area contributed by atoms with E-state index in [1.165, 1.54) is 4.90 Å². The first-order valence-corrected chi connectivity index (χ1v) is 11.5. The third kappa shape index (κ3) is 4.46. The molecular weight excluding hydrogens is 424 g/mol. The summed E-state index contributed by atoms with van der Waals surface area (Å²) in [5, 5.41) is 0. The van der Waals surface area contributed by atoms with Crippen LogP contribution >= 0.6 is 0 Å². The van der Waals surface area contributed by atoms with Crippen molar-refractivity contribution in [1.29, 1.82) is 0 Å². The largest absolute Gasteiger partial charge is 0.496 e. The van der Waals surface area contributed by atoms with E-state index in [2.05, 4.69) is 0 Å². The summed E-state index contributed by atoms with van der Waals surface area (Å²) < 4.78 is 5.47. The van der Waals surface area contributed by atoms with E-state index in [9.17, 15) is 9.59 Å². The van der Waals surface area contributed by atoms with Crippen LogP contribution < -0.4 is 4.74 Å². The van der Waals surface area contributed by atoms with Crippen LogP contribution in [0.15, 0.2) is 78.5 Å². The van der Waals surface area contributed by atoms with Gasteiger partial charge in [-0.3, -0.25) is 14.5 Å². The van der Waals surface area contributed by atoms with Crippen molar-refractivity contribution in [3.05, 3.63) is 106 Å². The highest BCUT2D eigenvalue weighted by atomic mass is 16.5. The number of rotatable bonds is 8. The van der Waals surface area contributed by atoms with Gasteiger partial charge in [0.05, 0.1) is 19.2 Å². The molecule has 1 heterocycles. The zero-order valence-corrected chi connectivity index (χ0v) is 20.2. The summed E-state index contributed by atoms with van der Waals surface area (Å²) in [4.78, 5) is 30.9. The molecule has 1 aliphatic rings. The molecule has 0 saturated heterocycles. The Bertz CT molecular complexity index is 1250. The van der Waals surface area contributed by atoms with Crippen LogP contribution in [0.4, 0.5) is 0 Å². The SMILES string of the molecule is CCN(Cc1ccccc1)C1=C(c2ccc(C)c(C)c2)C(=O)N(Cc2ccccc2OC)C1=O. The van der Waals surface area contributed by atoms with E-state index in [0.29, 0.717) is 30.1 Å². The van der Waals surface area contributed by atoms with Gasteiger partial charge in [-0.2, -0.15) is 0 Å². The molecule has 0 radical (unpaired) electrons. The van der Waals surface area contributed by atoms with Gasteiger partial charge in [-0.25, -0.2) is 0 Å². The molecule has 0 fully saturated rings. The molecular formula is C29H30N2O3. The molecule has 2 amide bonds. The molecule has 3 aromatic carbocycles. The maximum absolute atomic E-state index is 13.8. The molecule has 4 rings (SSSR count). The van der Waals surface area contributed by atoms with Crippen LogP contribution in [-0.2, 0) is 22.7 Å². The molecule has 0 unspecified atom stereocenters. The van der Waals surface area contributed by atoms with E-state index >= 15 is 0 Å². The lowest BCUT2D eigenvalue weighted by molar-refractivity contribution is -0.138. The molecule has 0 saturated carbocycles. The number of likely N-dealkylation sites (N-methyl/N-ethyl adjacent to an activating group) is 1. The second-order valence-corrected chi connectivity index (χ2v) is 8.53. The van der Waals surface area contributed by atoms with Crippen LogP contribution in [0, 0.1) is 13.8 Å². The number of ether oxygens (including phenoxy) is 1. The number of hydrogen-bond donors (Lipinski definition) is 0. The van der Waals surface area contributed by atoms with Gasteiger partial charge in [0.1, 0.15) is 11.4 Å². The zero-order valence-electron chi connectivity index (χ0n) is 20.2. The number of amides is 2. The Morgan fingerprint density at radius 1 is 0.853 bits per heavy atom. The third-order valence-electron chi connectivity index (χ3n) is 6.37. The number of nitrogens with zero attached hydrogens (tertiary/aromatic N) is 2. The Morgan fingerprint density at radius 2 is 1.56 bits per heavy atom. The van der Waals surface area contributed by atoms with E-state index in [-0.39, 0.29) is 18.4 Å². The molecule has 0 atom stereocenters. The van der Waals surface area contributed by atoms with Crippen molar-refractivity contribution < 1.29 is 14.3 Å². The Morgan fingerprint density at radius 3 is 2.24 bits per heavy atom. The maximum atomic E-state index is 13.8. The van der Waals surface area contributed by atoms with Crippen LogP contribution in [0.3, 0.4) is 0 Å². The van der Waals surface area contributed by atoms with Crippen LogP contribution in [0.25, 0.3) is 5.57 Å². The summed E-state index contributed by atoms with van der Waals surface area (Å²) in [5.41, 5.74) is 5.78. The van der Waals surface area contributed by atoms with Gasteiger partial charge >= 0.3 is 0 Å². The van der Waals surface area contributed by atoms with Crippen LogP contribution in [-0.4, -0.2) is 35.3 Å². The van der Waals surface area contributed by atoms with Crippen molar-refractivity contribution >= 4 is 17.4 Å². The number of para-hydroxylation sites is 1. The summed E-state index contributed by atoms with van der Waals surface area (Å²) in [6.45, 7) is 7.37. The minimum Gasteiger partial charge on any atom is -0.496 e. The van der Waals surface area contributed by atoms with Gasteiger partial charge in [0, 0.05) is 18.7 Å². The van der Waals surface area contributed by atoms with Crippen molar-refractivity contribution in [2.45, 2.75) is 33.9 Å². The Kier molecular flexibility index (Phi) is 6.82. The van der Waals surface area contributed by atoms with Gasteiger partial charge in [0.25, 0.3) is 11.8 Å².